The number of nitrogens with one attached hydrogen (secondary N) is 3. The van der Waals surface area contributed by atoms with Crippen molar-refractivity contribution in [2.24, 2.45) is 5.10 Å². The van der Waals surface area contributed by atoms with Gasteiger partial charge in [-0.2, -0.15) is 5.10 Å². The maximum atomic E-state index is 12.3. The third-order valence-corrected chi connectivity index (χ3v) is 4.05. The zero-order valence-corrected chi connectivity index (χ0v) is 15.5. The molecule has 1 heterocycles. The van der Waals surface area contributed by atoms with E-state index in [2.05, 4.69) is 20.8 Å². The number of rotatable bonds is 5. The van der Waals surface area contributed by atoms with E-state index in [9.17, 15) is 19.5 Å². The number of hydrazone groups is 1. The second-order valence-electron chi connectivity index (χ2n) is 5.97. The molecule has 0 saturated heterocycles. The van der Waals surface area contributed by atoms with Crippen LogP contribution < -0.4 is 22.0 Å². The van der Waals surface area contributed by atoms with Gasteiger partial charge in [-0.25, -0.2) is 19.6 Å². The molecule has 0 unspecified atom stereocenters. The molecule has 29 heavy (non-hydrogen) atoms. The molecule has 0 aliphatic heterocycles. The van der Waals surface area contributed by atoms with Crippen LogP contribution in [0, 0.1) is 0 Å². The molecule has 0 aliphatic rings. The number of aromatic amines is 1. The molecule has 2 amide bonds. The third kappa shape index (κ3) is 4.41. The van der Waals surface area contributed by atoms with E-state index in [1.54, 1.807) is 61.5 Å². The first-order valence-electron chi connectivity index (χ1n) is 8.84. The van der Waals surface area contributed by atoms with Crippen LogP contribution in [0.15, 0.2) is 75.4 Å². The number of H-pyrrole nitrogens is 1. The van der Waals surface area contributed by atoms with E-state index < -0.39 is 23.2 Å². The van der Waals surface area contributed by atoms with Gasteiger partial charge in [0.2, 0.25) is 5.88 Å². The van der Waals surface area contributed by atoms with Crippen LogP contribution in [0.2, 0.25) is 0 Å². The molecule has 0 saturated carbocycles. The standard InChI is InChI=1S/C20H19N5O4/c1-2-15(23-24-19(28)21-13-9-5-3-6-10-13)16-17(26)22-20(29)25(18(16)27)14-11-7-4-8-12-14/h3-12,27H,2H2,1H3,(H2,21,24,28)(H,22,26,29)/b23-15+. The number of aromatic hydroxyl groups is 1. The van der Waals surface area contributed by atoms with E-state index in [0.29, 0.717) is 11.4 Å². The van der Waals surface area contributed by atoms with E-state index in [1.807, 2.05) is 6.07 Å². The lowest BCUT2D eigenvalue weighted by molar-refractivity contribution is 0.252. The maximum Gasteiger partial charge on any atom is 0.339 e. The van der Waals surface area contributed by atoms with Gasteiger partial charge in [-0.15, -0.1) is 0 Å². The first kappa shape index (κ1) is 19.6. The molecule has 0 fully saturated rings. The fourth-order valence-corrected chi connectivity index (χ4v) is 2.71. The highest BCUT2D eigenvalue weighted by Crippen LogP contribution is 2.17. The molecule has 148 valence electrons. The second-order valence-corrected chi connectivity index (χ2v) is 5.97. The van der Waals surface area contributed by atoms with Crippen LogP contribution in [-0.4, -0.2) is 26.4 Å². The Labute approximate surface area is 165 Å². The van der Waals surface area contributed by atoms with Crippen LogP contribution >= 0.6 is 0 Å². The van der Waals surface area contributed by atoms with Crippen molar-refractivity contribution in [1.29, 1.82) is 0 Å². The highest BCUT2D eigenvalue weighted by Gasteiger charge is 2.19. The molecule has 0 bridgehead atoms. The van der Waals surface area contributed by atoms with Crippen molar-refractivity contribution < 1.29 is 9.90 Å². The van der Waals surface area contributed by atoms with Gasteiger partial charge in [-0.1, -0.05) is 43.3 Å². The fourth-order valence-electron chi connectivity index (χ4n) is 2.71. The van der Waals surface area contributed by atoms with Gasteiger partial charge in [0, 0.05) is 5.69 Å². The van der Waals surface area contributed by atoms with E-state index in [1.165, 1.54) is 0 Å². The predicted molar refractivity (Wildman–Crippen MR) is 110 cm³/mol. The lowest BCUT2D eigenvalue weighted by atomic mass is 10.1. The van der Waals surface area contributed by atoms with Crippen molar-refractivity contribution >= 4 is 17.4 Å². The largest absolute Gasteiger partial charge is 0.493 e. The molecule has 0 radical (unpaired) electrons. The molecule has 9 heteroatoms. The van der Waals surface area contributed by atoms with Crippen LogP contribution in [-0.2, 0) is 0 Å². The Morgan fingerprint density at radius 2 is 1.69 bits per heavy atom. The zero-order chi connectivity index (χ0) is 20.8. The van der Waals surface area contributed by atoms with E-state index in [-0.39, 0.29) is 17.7 Å². The Balaban J connectivity index is 1.95. The van der Waals surface area contributed by atoms with Gasteiger partial charge in [0.05, 0.1) is 11.4 Å². The fraction of sp³-hybridized carbons (Fsp3) is 0.100. The average molecular weight is 393 g/mol. The number of hydrogen-bond acceptors (Lipinski definition) is 5. The van der Waals surface area contributed by atoms with Gasteiger partial charge < -0.3 is 10.4 Å². The quantitative estimate of drug-likeness (QED) is 0.391. The number of urea groups is 1. The predicted octanol–water partition coefficient (Wildman–Crippen LogP) is 2.17. The summed E-state index contributed by atoms with van der Waals surface area (Å²) in [6.45, 7) is 1.70. The van der Waals surface area contributed by atoms with Crippen molar-refractivity contribution in [2.45, 2.75) is 13.3 Å². The molecular formula is C20H19N5O4. The number of hydrogen-bond donors (Lipinski definition) is 4. The topological polar surface area (TPSA) is 129 Å². The molecular weight excluding hydrogens is 374 g/mol. The summed E-state index contributed by atoms with van der Waals surface area (Å²) in [6, 6.07) is 16.5. The Morgan fingerprint density at radius 3 is 2.31 bits per heavy atom. The number of carbonyl (C=O) groups is 1. The molecule has 0 spiro atoms. The maximum absolute atomic E-state index is 12.3. The van der Waals surface area contributed by atoms with Crippen molar-refractivity contribution in [3.63, 3.8) is 0 Å². The van der Waals surface area contributed by atoms with Gasteiger partial charge in [-0.3, -0.25) is 9.78 Å². The summed E-state index contributed by atoms with van der Waals surface area (Å²) in [4.78, 5) is 38.8. The summed E-state index contributed by atoms with van der Waals surface area (Å²) in [6.07, 6.45) is 0.218. The summed E-state index contributed by atoms with van der Waals surface area (Å²) >= 11 is 0. The number of anilines is 1. The average Bonchev–Trinajstić information content (AvgIpc) is 2.71. The molecule has 0 aliphatic carbocycles. The summed E-state index contributed by atoms with van der Waals surface area (Å²) in [7, 11) is 0. The van der Waals surface area contributed by atoms with E-state index >= 15 is 0 Å². The summed E-state index contributed by atoms with van der Waals surface area (Å²) in [5.74, 6) is -0.559. The minimum absolute atomic E-state index is 0.108. The van der Waals surface area contributed by atoms with Gasteiger partial charge in [0.25, 0.3) is 5.56 Å². The van der Waals surface area contributed by atoms with Crippen molar-refractivity contribution in [3.05, 3.63) is 87.1 Å². The Kier molecular flexibility index (Phi) is 5.88. The summed E-state index contributed by atoms with van der Waals surface area (Å²) in [5, 5.41) is 17.2. The smallest absolute Gasteiger partial charge is 0.339 e. The molecule has 4 N–H and O–H groups in total. The number of para-hydroxylation sites is 2. The number of aromatic nitrogens is 2. The van der Waals surface area contributed by atoms with E-state index in [4.69, 9.17) is 0 Å². The molecule has 3 rings (SSSR count). The minimum atomic E-state index is -0.800. The zero-order valence-electron chi connectivity index (χ0n) is 15.5. The first-order chi connectivity index (χ1) is 14.0. The first-order valence-corrected chi connectivity index (χ1v) is 8.84. The molecule has 1 aromatic heterocycles. The number of amides is 2. The van der Waals surface area contributed by atoms with Crippen LogP contribution in [0.1, 0.15) is 18.9 Å². The normalized spacial score (nSPS) is 11.1. The van der Waals surface area contributed by atoms with Gasteiger partial charge in [0.15, 0.2) is 0 Å². The molecule has 3 aromatic rings. The van der Waals surface area contributed by atoms with Gasteiger partial charge in [-0.05, 0) is 30.7 Å². The Hall–Kier alpha value is -4.14. The highest BCUT2D eigenvalue weighted by molar-refractivity contribution is 6.02. The summed E-state index contributed by atoms with van der Waals surface area (Å²) in [5.41, 5.74) is 1.56. The molecule has 9 nitrogen and oxygen atoms in total. The lowest BCUT2D eigenvalue weighted by Crippen LogP contribution is -2.34. The number of carbonyl (C=O) groups excluding carboxylic acids is 1. The third-order valence-electron chi connectivity index (χ3n) is 4.05. The van der Waals surface area contributed by atoms with Crippen molar-refractivity contribution in [2.75, 3.05) is 5.32 Å². The number of nitrogens with zero attached hydrogens (tertiary/aromatic N) is 2. The lowest BCUT2D eigenvalue weighted by Gasteiger charge is -2.12. The molecule has 2 aromatic carbocycles. The van der Waals surface area contributed by atoms with Gasteiger partial charge >= 0.3 is 11.7 Å². The number of benzene rings is 2. The Morgan fingerprint density at radius 1 is 1.07 bits per heavy atom. The van der Waals surface area contributed by atoms with Crippen molar-refractivity contribution in [1.82, 2.24) is 15.0 Å². The minimum Gasteiger partial charge on any atom is -0.493 e. The Bertz CT molecular complexity index is 1150. The van der Waals surface area contributed by atoms with Gasteiger partial charge in [0.1, 0.15) is 5.56 Å². The van der Waals surface area contributed by atoms with Crippen LogP contribution in [0.25, 0.3) is 5.69 Å². The van der Waals surface area contributed by atoms with E-state index in [0.717, 1.165) is 4.57 Å². The van der Waals surface area contributed by atoms with Crippen LogP contribution in [0.5, 0.6) is 5.88 Å². The second kappa shape index (κ2) is 8.70. The summed E-state index contributed by atoms with van der Waals surface area (Å²) < 4.78 is 0.964. The SMILES string of the molecule is CC/C(=N\NC(=O)Nc1ccccc1)c1c(O)n(-c2ccccc2)c(=O)[nH]c1=O. The molecule has 0 atom stereocenters. The monoisotopic (exact) mass is 393 g/mol. The van der Waals surface area contributed by atoms with Crippen LogP contribution in [0.4, 0.5) is 10.5 Å². The highest BCUT2D eigenvalue weighted by atomic mass is 16.3. The van der Waals surface area contributed by atoms with Crippen molar-refractivity contribution in [3.8, 4) is 11.6 Å². The van der Waals surface area contributed by atoms with Crippen LogP contribution in [0.3, 0.4) is 0 Å².